The van der Waals surface area contributed by atoms with Crippen LogP contribution in [-0.2, 0) is 30.2 Å². The summed E-state index contributed by atoms with van der Waals surface area (Å²) in [4.78, 5) is 33.4. The number of hydrogen-bond donors (Lipinski definition) is 2. The first-order chi connectivity index (χ1) is 24.7. The molecule has 2 atom stereocenters. The van der Waals surface area contributed by atoms with Crippen LogP contribution in [-0.4, -0.2) is 58.9 Å². The lowest BCUT2D eigenvalue weighted by Crippen LogP contribution is -2.32. The maximum absolute atomic E-state index is 15.9. The van der Waals surface area contributed by atoms with Gasteiger partial charge in [0.2, 0.25) is 5.88 Å². The molecule has 4 heterocycles. The summed E-state index contributed by atoms with van der Waals surface area (Å²) in [7, 11) is 1.52. The van der Waals surface area contributed by atoms with Crippen molar-refractivity contribution in [2.45, 2.75) is 51.0 Å². The summed E-state index contributed by atoms with van der Waals surface area (Å²) in [6, 6.07) is 14.9. The number of benzene rings is 3. The van der Waals surface area contributed by atoms with Crippen molar-refractivity contribution in [1.82, 2.24) is 29.5 Å². The van der Waals surface area contributed by atoms with Crippen LogP contribution >= 0.6 is 0 Å². The van der Waals surface area contributed by atoms with Crippen molar-refractivity contribution < 1.29 is 37.0 Å². The van der Waals surface area contributed by atoms with E-state index >= 15 is 17.6 Å². The average molecular weight is 715 g/mol. The quantitative estimate of drug-likeness (QED) is 0.187. The van der Waals surface area contributed by atoms with Crippen molar-refractivity contribution in [2.75, 3.05) is 6.61 Å². The second-order valence-corrected chi connectivity index (χ2v) is 13.5. The van der Waals surface area contributed by atoms with Gasteiger partial charge in [0.15, 0.2) is 24.0 Å². The number of aromatic nitrogens is 6. The SMILES string of the molecule is C[C@H](Cc1cccc(C2(C)CCC(F)(F)COc3ccn(n3)Cc3c(c(F)cc4[nH]ccc34)C(=O)c3ccc(F)c(c3)-c3nc2nn3C)c1)C(=O)O. The number of hydrogen-bond acceptors (Lipinski definition) is 6. The number of carboxylic acid groups (broad SMARTS) is 1. The van der Waals surface area contributed by atoms with Crippen LogP contribution in [0.5, 0.6) is 5.88 Å². The lowest BCUT2D eigenvalue weighted by atomic mass is 9.76. The van der Waals surface area contributed by atoms with Gasteiger partial charge in [-0.05, 0) is 66.8 Å². The number of nitrogens with zero attached hydrogens (tertiary/aromatic N) is 5. The number of ether oxygens (including phenoxy) is 1. The van der Waals surface area contributed by atoms with Crippen LogP contribution in [0.15, 0.2) is 73.1 Å². The summed E-state index contributed by atoms with van der Waals surface area (Å²) in [5.41, 5.74) is 0.290. The van der Waals surface area contributed by atoms with E-state index in [4.69, 9.17) is 4.74 Å². The molecule has 2 N–H and O–H groups in total. The van der Waals surface area contributed by atoms with Crippen molar-refractivity contribution in [3.8, 4) is 17.3 Å². The molecule has 10 nitrogen and oxygen atoms in total. The van der Waals surface area contributed by atoms with E-state index < -0.39 is 53.7 Å². The van der Waals surface area contributed by atoms with Gasteiger partial charge in [-0.3, -0.25) is 14.3 Å². The molecular weight excluding hydrogens is 680 g/mol. The molecule has 0 saturated carbocycles. The fraction of sp³-hybridized carbons (Fsp3) is 0.289. The van der Waals surface area contributed by atoms with Gasteiger partial charge in [-0.1, -0.05) is 31.2 Å². The third-order valence-electron chi connectivity index (χ3n) is 9.75. The molecule has 14 heteroatoms. The molecule has 0 radical (unpaired) electrons. The summed E-state index contributed by atoms with van der Waals surface area (Å²) >= 11 is 0. The lowest BCUT2D eigenvalue weighted by molar-refractivity contribution is -0.141. The van der Waals surface area contributed by atoms with Crippen LogP contribution in [0, 0.1) is 17.6 Å². The van der Waals surface area contributed by atoms with E-state index in [2.05, 4.69) is 20.2 Å². The number of H-pyrrole nitrogens is 1. The fourth-order valence-corrected chi connectivity index (χ4v) is 6.71. The first-order valence-electron chi connectivity index (χ1n) is 16.6. The monoisotopic (exact) mass is 714 g/mol. The Morgan fingerprint density at radius 3 is 2.65 bits per heavy atom. The van der Waals surface area contributed by atoms with Crippen LogP contribution in [0.4, 0.5) is 17.6 Å². The minimum atomic E-state index is -3.35. The van der Waals surface area contributed by atoms with E-state index in [1.165, 1.54) is 46.9 Å². The van der Waals surface area contributed by atoms with Crippen molar-refractivity contribution in [3.63, 3.8) is 0 Å². The molecule has 6 bridgehead atoms. The first-order valence-corrected chi connectivity index (χ1v) is 16.6. The van der Waals surface area contributed by atoms with Gasteiger partial charge in [-0.25, -0.2) is 27.2 Å². The Balaban J connectivity index is 1.40. The largest absolute Gasteiger partial charge is 0.481 e. The molecular formula is C38H34F4N6O4. The number of alkyl halides is 2. The molecule has 52 heavy (non-hydrogen) atoms. The summed E-state index contributed by atoms with van der Waals surface area (Å²) in [5.74, 6) is -7.25. The van der Waals surface area contributed by atoms with E-state index in [1.807, 2.05) is 0 Å². The fourth-order valence-electron chi connectivity index (χ4n) is 6.71. The standard InChI is InChI=1S/C38H34F4N6O4/c1-21(35(50)51)15-22-5-4-6-24(16-22)37(2)11-12-38(41,42)20-52-31-10-14-48(45-31)19-27-25-9-13-43-30(25)18-29(40)32(27)33(49)23-7-8-28(39)26(17-23)34-44-36(37)46-47(34)3/h4-10,13-14,16-18,21,43H,11-12,15,19-20H2,1-3H3,(H,50,51)/t21-,37?/m1/s1. The number of carbonyl (C=O) groups is 2. The number of aromatic amines is 1. The number of rotatable bonds is 4. The van der Waals surface area contributed by atoms with Gasteiger partial charge in [0, 0.05) is 48.4 Å². The van der Waals surface area contributed by atoms with Gasteiger partial charge in [-0.15, -0.1) is 5.10 Å². The minimum absolute atomic E-state index is 0.0129. The Labute approximate surface area is 295 Å². The number of nitrogens with one attached hydrogen (secondary N) is 1. The number of fused-ring (bicyclic) bond motifs is 10. The molecule has 0 amide bonds. The Bertz CT molecular complexity index is 2350. The zero-order valence-electron chi connectivity index (χ0n) is 28.5. The first kappa shape index (κ1) is 34.6. The van der Waals surface area contributed by atoms with Crippen LogP contribution < -0.4 is 4.74 Å². The maximum atomic E-state index is 15.9. The summed E-state index contributed by atoms with van der Waals surface area (Å²) in [6.45, 7) is 2.17. The summed E-state index contributed by atoms with van der Waals surface area (Å²) in [5, 5.41) is 18.9. The van der Waals surface area contributed by atoms with Crippen molar-refractivity contribution in [2.24, 2.45) is 13.0 Å². The number of aryl methyl sites for hydroxylation is 1. The lowest BCUT2D eigenvalue weighted by Gasteiger charge is -2.30. The molecule has 3 aromatic heterocycles. The van der Waals surface area contributed by atoms with Gasteiger partial charge in [0.05, 0.1) is 29.0 Å². The highest BCUT2D eigenvalue weighted by molar-refractivity contribution is 6.12. The molecule has 7 rings (SSSR count). The van der Waals surface area contributed by atoms with E-state index in [0.29, 0.717) is 22.0 Å². The molecule has 268 valence electrons. The smallest absolute Gasteiger partial charge is 0.306 e. The number of aliphatic carboxylic acids is 1. The number of halogens is 4. The van der Waals surface area contributed by atoms with E-state index in [1.54, 1.807) is 50.4 Å². The van der Waals surface area contributed by atoms with Crippen molar-refractivity contribution in [1.29, 1.82) is 0 Å². The molecule has 6 aromatic rings. The maximum Gasteiger partial charge on any atom is 0.306 e. The molecule has 0 aliphatic carbocycles. The molecule has 0 fully saturated rings. The molecule has 0 spiro atoms. The van der Waals surface area contributed by atoms with Gasteiger partial charge < -0.3 is 14.8 Å². The second kappa shape index (κ2) is 13.1. The highest BCUT2D eigenvalue weighted by atomic mass is 19.3. The van der Waals surface area contributed by atoms with Gasteiger partial charge >= 0.3 is 5.97 Å². The summed E-state index contributed by atoms with van der Waals surface area (Å²) < 4.78 is 71.0. The Morgan fingerprint density at radius 2 is 1.87 bits per heavy atom. The Kier molecular flexibility index (Phi) is 8.71. The molecule has 1 aliphatic rings. The molecule has 0 saturated heterocycles. The van der Waals surface area contributed by atoms with Gasteiger partial charge in [-0.2, -0.15) is 5.10 Å². The predicted molar refractivity (Wildman–Crippen MR) is 182 cm³/mol. The van der Waals surface area contributed by atoms with Gasteiger partial charge in [0.1, 0.15) is 11.6 Å². The Hall–Kier alpha value is -5.79. The average Bonchev–Trinajstić information content (AvgIpc) is 3.86. The zero-order valence-corrected chi connectivity index (χ0v) is 28.5. The second-order valence-electron chi connectivity index (χ2n) is 13.5. The molecule has 1 aliphatic heterocycles. The normalized spacial score (nSPS) is 18.2. The van der Waals surface area contributed by atoms with Crippen molar-refractivity contribution in [3.05, 3.63) is 118 Å². The number of ketones is 1. The molecule has 1 unspecified atom stereocenters. The summed E-state index contributed by atoms with van der Waals surface area (Å²) in [6.07, 6.45) is 2.44. The van der Waals surface area contributed by atoms with E-state index in [9.17, 15) is 14.7 Å². The predicted octanol–water partition coefficient (Wildman–Crippen LogP) is 7.09. The topological polar surface area (TPSA) is 128 Å². The van der Waals surface area contributed by atoms with Crippen LogP contribution in [0.2, 0.25) is 0 Å². The minimum Gasteiger partial charge on any atom is -0.481 e. The van der Waals surface area contributed by atoms with Gasteiger partial charge in [0.25, 0.3) is 5.92 Å². The number of carbonyl (C=O) groups excluding carboxylic acids is 1. The highest BCUT2D eigenvalue weighted by Crippen LogP contribution is 2.40. The Morgan fingerprint density at radius 1 is 1.06 bits per heavy atom. The van der Waals surface area contributed by atoms with Crippen molar-refractivity contribution >= 4 is 22.7 Å². The van der Waals surface area contributed by atoms with Crippen LogP contribution in [0.3, 0.4) is 0 Å². The third kappa shape index (κ3) is 6.44. The van der Waals surface area contributed by atoms with E-state index in [0.717, 1.165) is 6.07 Å². The zero-order chi connectivity index (χ0) is 36.9. The third-order valence-corrected chi connectivity index (χ3v) is 9.75. The highest BCUT2D eigenvalue weighted by Gasteiger charge is 2.40. The van der Waals surface area contributed by atoms with Crippen LogP contribution in [0.1, 0.15) is 65.1 Å². The van der Waals surface area contributed by atoms with Crippen LogP contribution in [0.25, 0.3) is 22.3 Å². The van der Waals surface area contributed by atoms with E-state index in [-0.39, 0.29) is 59.2 Å². The molecule has 3 aromatic carbocycles. The number of carboxylic acids is 1.